The van der Waals surface area contributed by atoms with Gasteiger partial charge in [-0.15, -0.1) is 0 Å². The van der Waals surface area contributed by atoms with Gasteiger partial charge in [0.2, 0.25) is 0 Å². The Labute approximate surface area is 114 Å². The standard InChI is InChI=1S/C13H25N3O3/c1-10(12(17)18)5-6-14-13(19)15-9-11(2)16-7-3-4-8-16/h10-11H,3-9H2,1-2H3,(H,17,18)(H2,14,15,19). The summed E-state index contributed by atoms with van der Waals surface area (Å²) in [6.07, 6.45) is 2.93. The normalized spacial score (nSPS) is 18.8. The molecule has 0 aliphatic carbocycles. The minimum atomic E-state index is -0.829. The molecule has 19 heavy (non-hydrogen) atoms. The number of amides is 2. The molecular formula is C13H25N3O3. The molecule has 1 aliphatic rings. The molecular weight excluding hydrogens is 246 g/mol. The van der Waals surface area contributed by atoms with E-state index in [9.17, 15) is 9.59 Å². The maximum absolute atomic E-state index is 11.5. The third-order valence-electron chi connectivity index (χ3n) is 3.61. The zero-order chi connectivity index (χ0) is 14.3. The Morgan fingerprint density at radius 2 is 1.84 bits per heavy atom. The van der Waals surface area contributed by atoms with Gasteiger partial charge in [-0.25, -0.2) is 4.79 Å². The Kier molecular flexibility index (Phi) is 6.62. The number of rotatable bonds is 7. The molecule has 2 atom stereocenters. The van der Waals surface area contributed by atoms with Crippen molar-refractivity contribution in [2.75, 3.05) is 26.2 Å². The summed E-state index contributed by atoms with van der Waals surface area (Å²) < 4.78 is 0. The van der Waals surface area contributed by atoms with Crippen LogP contribution in [0.5, 0.6) is 0 Å². The second-order valence-corrected chi connectivity index (χ2v) is 5.26. The van der Waals surface area contributed by atoms with E-state index in [2.05, 4.69) is 22.5 Å². The first kappa shape index (κ1) is 15.8. The Morgan fingerprint density at radius 3 is 2.42 bits per heavy atom. The van der Waals surface area contributed by atoms with E-state index in [1.165, 1.54) is 12.8 Å². The number of hydrogen-bond donors (Lipinski definition) is 3. The van der Waals surface area contributed by atoms with Gasteiger partial charge >= 0.3 is 12.0 Å². The molecule has 0 saturated carbocycles. The second-order valence-electron chi connectivity index (χ2n) is 5.26. The SMILES string of the molecule is CC(CCNC(=O)NCC(C)N1CCCC1)C(=O)O. The predicted molar refractivity (Wildman–Crippen MR) is 73.1 cm³/mol. The van der Waals surface area contributed by atoms with Crippen molar-refractivity contribution in [2.24, 2.45) is 5.92 Å². The summed E-state index contributed by atoms with van der Waals surface area (Å²) in [7, 11) is 0. The van der Waals surface area contributed by atoms with Crippen LogP contribution >= 0.6 is 0 Å². The van der Waals surface area contributed by atoms with Crippen LogP contribution in [0.2, 0.25) is 0 Å². The van der Waals surface area contributed by atoms with Crippen LogP contribution in [-0.4, -0.2) is 54.2 Å². The Balaban J connectivity index is 2.08. The van der Waals surface area contributed by atoms with Crippen LogP contribution in [-0.2, 0) is 4.79 Å². The quantitative estimate of drug-likeness (QED) is 0.642. The molecule has 0 spiro atoms. The first-order valence-corrected chi connectivity index (χ1v) is 6.99. The van der Waals surface area contributed by atoms with Gasteiger partial charge in [0.1, 0.15) is 0 Å². The molecule has 2 amide bonds. The Bertz CT molecular complexity index is 304. The zero-order valence-electron chi connectivity index (χ0n) is 11.8. The average Bonchev–Trinajstić information content (AvgIpc) is 2.89. The summed E-state index contributed by atoms with van der Waals surface area (Å²) in [5.41, 5.74) is 0. The highest BCUT2D eigenvalue weighted by molar-refractivity contribution is 5.74. The number of carbonyl (C=O) groups excluding carboxylic acids is 1. The molecule has 1 fully saturated rings. The van der Waals surface area contributed by atoms with Crippen LogP contribution in [0.1, 0.15) is 33.1 Å². The van der Waals surface area contributed by atoms with Crippen LogP contribution in [0.15, 0.2) is 0 Å². The van der Waals surface area contributed by atoms with Crippen molar-refractivity contribution in [1.82, 2.24) is 15.5 Å². The number of carbonyl (C=O) groups is 2. The highest BCUT2D eigenvalue weighted by Gasteiger charge is 2.18. The van der Waals surface area contributed by atoms with E-state index in [0.29, 0.717) is 25.6 Å². The van der Waals surface area contributed by atoms with Crippen molar-refractivity contribution in [3.05, 3.63) is 0 Å². The van der Waals surface area contributed by atoms with Crippen molar-refractivity contribution in [2.45, 2.75) is 39.2 Å². The number of nitrogens with zero attached hydrogens (tertiary/aromatic N) is 1. The summed E-state index contributed by atoms with van der Waals surface area (Å²) in [4.78, 5) is 24.5. The van der Waals surface area contributed by atoms with Gasteiger partial charge in [-0.2, -0.15) is 0 Å². The Morgan fingerprint density at radius 1 is 1.21 bits per heavy atom. The number of aliphatic carboxylic acids is 1. The molecule has 6 nitrogen and oxygen atoms in total. The monoisotopic (exact) mass is 271 g/mol. The number of carboxylic acid groups (broad SMARTS) is 1. The van der Waals surface area contributed by atoms with Gasteiger partial charge in [0.05, 0.1) is 5.92 Å². The van der Waals surface area contributed by atoms with E-state index in [4.69, 9.17) is 5.11 Å². The number of likely N-dealkylation sites (tertiary alicyclic amines) is 1. The lowest BCUT2D eigenvalue weighted by molar-refractivity contribution is -0.141. The summed E-state index contributed by atoms with van der Waals surface area (Å²) in [5.74, 6) is -1.26. The molecule has 1 saturated heterocycles. The minimum Gasteiger partial charge on any atom is -0.481 e. The maximum atomic E-state index is 11.5. The highest BCUT2D eigenvalue weighted by atomic mass is 16.4. The van der Waals surface area contributed by atoms with Gasteiger partial charge in [0, 0.05) is 19.1 Å². The van der Waals surface area contributed by atoms with Gasteiger partial charge in [-0.05, 0) is 39.3 Å². The van der Waals surface area contributed by atoms with Crippen molar-refractivity contribution >= 4 is 12.0 Å². The van der Waals surface area contributed by atoms with E-state index in [-0.39, 0.29) is 6.03 Å². The molecule has 0 radical (unpaired) electrons. The fourth-order valence-corrected chi connectivity index (χ4v) is 2.14. The third-order valence-corrected chi connectivity index (χ3v) is 3.61. The lowest BCUT2D eigenvalue weighted by Crippen LogP contribution is -2.44. The molecule has 0 bridgehead atoms. The maximum Gasteiger partial charge on any atom is 0.314 e. The van der Waals surface area contributed by atoms with Crippen LogP contribution in [0.4, 0.5) is 4.79 Å². The summed E-state index contributed by atoms with van der Waals surface area (Å²) in [5, 5.41) is 14.2. The predicted octanol–water partition coefficient (Wildman–Crippen LogP) is 0.881. The lowest BCUT2D eigenvalue weighted by atomic mass is 10.1. The summed E-state index contributed by atoms with van der Waals surface area (Å²) in [6, 6.07) is 0.134. The van der Waals surface area contributed by atoms with Gasteiger partial charge in [0.15, 0.2) is 0 Å². The molecule has 1 aliphatic heterocycles. The average molecular weight is 271 g/mol. The van der Waals surface area contributed by atoms with E-state index >= 15 is 0 Å². The van der Waals surface area contributed by atoms with E-state index in [1.54, 1.807) is 6.92 Å². The van der Waals surface area contributed by atoms with Crippen LogP contribution in [0.25, 0.3) is 0 Å². The third kappa shape index (κ3) is 5.92. The molecule has 2 unspecified atom stereocenters. The fraction of sp³-hybridized carbons (Fsp3) is 0.846. The topological polar surface area (TPSA) is 81.7 Å². The zero-order valence-corrected chi connectivity index (χ0v) is 11.8. The van der Waals surface area contributed by atoms with E-state index < -0.39 is 11.9 Å². The second kappa shape index (κ2) is 7.99. The van der Waals surface area contributed by atoms with Gasteiger partial charge < -0.3 is 15.7 Å². The molecule has 0 aromatic carbocycles. The first-order chi connectivity index (χ1) is 9.00. The highest BCUT2D eigenvalue weighted by Crippen LogP contribution is 2.10. The molecule has 0 aromatic heterocycles. The number of hydrogen-bond acceptors (Lipinski definition) is 3. The van der Waals surface area contributed by atoms with Crippen molar-refractivity contribution < 1.29 is 14.7 Å². The number of nitrogens with one attached hydrogen (secondary N) is 2. The van der Waals surface area contributed by atoms with Crippen molar-refractivity contribution in [3.63, 3.8) is 0 Å². The van der Waals surface area contributed by atoms with Gasteiger partial charge in [-0.3, -0.25) is 9.69 Å². The number of urea groups is 1. The van der Waals surface area contributed by atoms with Crippen molar-refractivity contribution in [1.29, 1.82) is 0 Å². The van der Waals surface area contributed by atoms with E-state index in [1.807, 2.05) is 0 Å². The van der Waals surface area contributed by atoms with E-state index in [0.717, 1.165) is 13.1 Å². The molecule has 3 N–H and O–H groups in total. The fourth-order valence-electron chi connectivity index (χ4n) is 2.14. The first-order valence-electron chi connectivity index (χ1n) is 6.99. The van der Waals surface area contributed by atoms with Crippen molar-refractivity contribution in [3.8, 4) is 0 Å². The summed E-state index contributed by atoms with van der Waals surface area (Å²) in [6.45, 7) is 6.98. The van der Waals surface area contributed by atoms with Gasteiger partial charge in [0.25, 0.3) is 0 Å². The largest absolute Gasteiger partial charge is 0.481 e. The Hall–Kier alpha value is -1.30. The smallest absolute Gasteiger partial charge is 0.314 e. The lowest BCUT2D eigenvalue weighted by Gasteiger charge is -2.23. The van der Waals surface area contributed by atoms with Crippen LogP contribution < -0.4 is 10.6 Å². The van der Waals surface area contributed by atoms with Crippen LogP contribution in [0.3, 0.4) is 0 Å². The molecule has 1 rings (SSSR count). The molecule has 0 aromatic rings. The number of carboxylic acids is 1. The molecule has 1 heterocycles. The van der Waals surface area contributed by atoms with Crippen LogP contribution in [0, 0.1) is 5.92 Å². The molecule has 110 valence electrons. The minimum absolute atomic E-state index is 0.219. The summed E-state index contributed by atoms with van der Waals surface area (Å²) >= 11 is 0. The molecule has 6 heteroatoms. The van der Waals surface area contributed by atoms with Gasteiger partial charge in [-0.1, -0.05) is 6.92 Å².